The number of nitriles is 1. The van der Waals surface area contributed by atoms with Gasteiger partial charge in [0.15, 0.2) is 0 Å². The van der Waals surface area contributed by atoms with Crippen LogP contribution in [-0.2, 0) is 6.42 Å². The number of nitrogens with zero attached hydrogens (tertiary/aromatic N) is 4. The maximum Gasteiger partial charge on any atom is 0.0781 e. The molecule has 100 valence electrons. The van der Waals surface area contributed by atoms with E-state index in [0.717, 1.165) is 28.1 Å². The van der Waals surface area contributed by atoms with Crippen molar-refractivity contribution in [3.05, 3.63) is 66.9 Å². The van der Waals surface area contributed by atoms with Crippen molar-refractivity contribution in [3.63, 3.8) is 0 Å². The molecule has 0 saturated carbocycles. The van der Waals surface area contributed by atoms with E-state index in [9.17, 15) is 0 Å². The van der Waals surface area contributed by atoms with Crippen molar-refractivity contribution in [2.24, 2.45) is 0 Å². The Hall–Kier alpha value is -3.06. The lowest BCUT2D eigenvalue weighted by atomic mass is 10.0. The van der Waals surface area contributed by atoms with Gasteiger partial charge in [-0.3, -0.25) is 15.0 Å². The molecule has 4 heteroatoms. The van der Waals surface area contributed by atoms with Gasteiger partial charge < -0.3 is 0 Å². The first-order chi connectivity index (χ1) is 10.4. The van der Waals surface area contributed by atoms with Gasteiger partial charge in [0.2, 0.25) is 0 Å². The second kappa shape index (κ2) is 5.93. The molecular weight excluding hydrogens is 260 g/mol. The summed E-state index contributed by atoms with van der Waals surface area (Å²) in [4.78, 5) is 12.8. The zero-order valence-corrected chi connectivity index (χ0v) is 11.3. The molecule has 3 heterocycles. The molecule has 0 atom stereocenters. The van der Waals surface area contributed by atoms with Crippen LogP contribution in [0.1, 0.15) is 5.69 Å². The lowest BCUT2D eigenvalue weighted by molar-refractivity contribution is 1.12. The fourth-order valence-electron chi connectivity index (χ4n) is 2.17. The average Bonchev–Trinajstić information content (AvgIpc) is 2.57. The van der Waals surface area contributed by atoms with Crippen molar-refractivity contribution in [1.82, 2.24) is 15.0 Å². The predicted octanol–water partition coefficient (Wildman–Crippen LogP) is 3.27. The van der Waals surface area contributed by atoms with Crippen molar-refractivity contribution in [2.45, 2.75) is 6.42 Å². The van der Waals surface area contributed by atoms with Gasteiger partial charge >= 0.3 is 0 Å². The van der Waals surface area contributed by atoms with Gasteiger partial charge in [0.05, 0.1) is 23.9 Å². The Balaban J connectivity index is 2.10. The van der Waals surface area contributed by atoms with Gasteiger partial charge in [-0.15, -0.1) is 0 Å². The maximum absolute atomic E-state index is 9.03. The SMILES string of the molecule is N#CCc1nc(-c2cccnc2)ccc1-c1cccnc1. The Morgan fingerprint density at radius 3 is 2.24 bits per heavy atom. The molecule has 0 aromatic carbocycles. The second-order valence-electron chi connectivity index (χ2n) is 4.51. The first-order valence-electron chi connectivity index (χ1n) is 6.56. The molecule has 0 amide bonds. The summed E-state index contributed by atoms with van der Waals surface area (Å²) in [5, 5.41) is 9.03. The first-order valence-corrected chi connectivity index (χ1v) is 6.56. The Labute approximate surface area is 122 Å². The highest BCUT2D eigenvalue weighted by Crippen LogP contribution is 2.25. The molecule has 0 spiro atoms. The monoisotopic (exact) mass is 272 g/mol. The van der Waals surface area contributed by atoms with Crippen LogP contribution in [0.4, 0.5) is 0 Å². The number of aromatic nitrogens is 3. The highest BCUT2D eigenvalue weighted by molar-refractivity contribution is 5.69. The smallest absolute Gasteiger partial charge is 0.0781 e. The van der Waals surface area contributed by atoms with Crippen LogP contribution in [0.5, 0.6) is 0 Å². The molecule has 0 bridgehead atoms. The Morgan fingerprint density at radius 1 is 0.905 bits per heavy atom. The molecule has 0 unspecified atom stereocenters. The van der Waals surface area contributed by atoms with Crippen LogP contribution in [0.2, 0.25) is 0 Å². The third-order valence-corrected chi connectivity index (χ3v) is 3.15. The van der Waals surface area contributed by atoms with Gasteiger partial charge in [-0.05, 0) is 24.3 Å². The average molecular weight is 272 g/mol. The van der Waals surface area contributed by atoms with Gasteiger partial charge in [-0.1, -0.05) is 12.1 Å². The molecule has 0 aliphatic rings. The van der Waals surface area contributed by atoms with E-state index in [1.807, 2.05) is 36.4 Å². The molecule has 0 saturated heterocycles. The van der Waals surface area contributed by atoms with Gasteiger partial charge in [-0.25, -0.2) is 0 Å². The quantitative estimate of drug-likeness (QED) is 0.734. The number of rotatable bonds is 3. The summed E-state index contributed by atoms with van der Waals surface area (Å²) < 4.78 is 0. The van der Waals surface area contributed by atoms with Gasteiger partial charge in [0.25, 0.3) is 0 Å². The summed E-state index contributed by atoms with van der Waals surface area (Å²) in [6.45, 7) is 0. The topological polar surface area (TPSA) is 62.5 Å². The molecule has 3 aromatic heterocycles. The summed E-state index contributed by atoms with van der Waals surface area (Å²) in [7, 11) is 0. The van der Waals surface area contributed by atoms with Crippen LogP contribution in [0, 0.1) is 11.3 Å². The zero-order valence-electron chi connectivity index (χ0n) is 11.3. The third-order valence-electron chi connectivity index (χ3n) is 3.15. The van der Waals surface area contributed by atoms with Gasteiger partial charge in [0, 0.05) is 41.5 Å². The van der Waals surface area contributed by atoms with E-state index in [1.165, 1.54) is 0 Å². The standard InChI is InChI=1S/C17H12N4/c18-8-7-17-15(13-3-1-9-19-11-13)5-6-16(21-17)14-4-2-10-20-12-14/h1-6,9-12H,7H2. The van der Waals surface area contributed by atoms with Crippen molar-refractivity contribution < 1.29 is 0 Å². The van der Waals surface area contributed by atoms with Crippen LogP contribution >= 0.6 is 0 Å². The number of hydrogen-bond acceptors (Lipinski definition) is 4. The highest BCUT2D eigenvalue weighted by atomic mass is 14.7. The number of hydrogen-bond donors (Lipinski definition) is 0. The fraction of sp³-hybridized carbons (Fsp3) is 0.0588. The lowest BCUT2D eigenvalue weighted by Crippen LogP contribution is -1.96. The molecule has 3 aromatic rings. The van der Waals surface area contributed by atoms with Crippen LogP contribution in [0.15, 0.2) is 61.2 Å². The minimum absolute atomic E-state index is 0.262. The van der Waals surface area contributed by atoms with E-state index < -0.39 is 0 Å². The predicted molar refractivity (Wildman–Crippen MR) is 80.0 cm³/mol. The minimum atomic E-state index is 0.262. The number of pyridine rings is 3. The Bertz CT molecular complexity index is 777. The summed E-state index contributed by atoms with van der Waals surface area (Å²) in [5.41, 5.74) is 4.42. The van der Waals surface area contributed by atoms with E-state index >= 15 is 0 Å². The van der Waals surface area contributed by atoms with Gasteiger partial charge in [0.1, 0.15) is 0 Å². The molecule has 0 aliphatic carbocycles. The molecular formula is C17H12N4. The minimum Gasteiger partial charge on any atom is -0.264 e. The molecule has 0 radical (unpaired) electrons. The second-order valence-corrected chi connectivity index (χ2v) is 4.51. The molecule has 3 rings (SSSR count). The summed E-state index contributed by atoms with van der Waals surface area (Å²) in [5.74, 6) is 0. The summed E-state index contributed by atoms with van der Waals surface area (Å²) in [6.07, 6.45) is 7.26. The third kappa shape index (κ3) is 2.77. The lowest BCUT2D eigenvalue weighted by Gasteiger charge is -2.08. The van der Waals surface area contributed by atoms with E-state index in [0.29, 0.717) is 0 Å². The van der Waals surface area contributed by atoms with Crippen molar-refractivity contribution in [1.29, 1.82) is 5.26 Å². The van der Waals surface area contributed by atoms with Crippen molar-refractivity contribution in [3.8, 4) is 28.5 Å². The normalized spacial score (nSPS) is 10.0. The molecule has 4 nitrogen and oxygen atoms in total. The van der Waals surface area contributed by atoms with E-state index in [2.05, 4.69) is 21.0 Å². The Morgan fingerprint density at radius 2 is 1.62 bits per heavy atom. The molecule has 0 fully saturated rings. The van der Waals surface area contributed by atoms with Crippen LogP contribution in [0.3, 0.4) is 0 Å². The zero-order chi connectivity index (χ0) is 14.5. The molecule has 0 N–H and O–H groups in total. The maximum atomic E-state index is 9.03. The summed E-state index contributed by atoms with van der Waals surface area (Å²) >= 11 is 0. The van der Waals surface area contributed by atoms with E-state index in [1.54, 1.807) is 24.8 Å². The van der Waals surface area contributed by atoms with Crippen LogP contribution in [-0.4, -0.2) is 15.0 Å². The van der Waals surface area contributed by atoms with Crippen molar-refractivity contribution >= 4 is 0 Å². The van der Waals surface area contributed by atoms with Crippen molar-refractivity contribution in [2.75, 3.05) is 0 Å². The summed E-state index contributed by atoms with van der Waals surface area (Å²) in [6, 6.07) is 13.8. The molecule has 0 aliphatic heterocycles. The van der Waals surface area contributed by atoms with Gasteiger partial charge in [-0.2, -0.15) is 5.26 Å². The van der Waals surface area contributed by atoms with E-state index in [-0.39, 0.29) is 6.42 Å². The highest BCUT2D eigenvalue weighted by Gasteiger charge is 2.09. The fourth-order valence-corrected chi connectivity index (χ4v) is 2.17. The van der Waals surface area contributed by atoms with Crippen LogP contribution < -0.4 is 0 Å². The van der Waals surface area contributed by atoms with Crippen LogP contribution in [0.25, 0.3) is 22.4 Å². The van der Waals surface area contributed by atoms with E-state index in [4.69, 9.17) is 5.26 Å². The first kappa shape index (κ1) is 12.9. The Kier molecular flexibility index (Phi) is 3.66. The largest absolute Gasteiger partial charge is 0.264 e. The molecule has 21 heavy (non-hydrogen) atoms.